The van der Waals surface area contributed by atoms with Gasteiger partial charge in [0.05, 0.1) is 5.69 Å². The van der Waals surface area contributed by atoms with Crippen molar-refractivity contribution in [2.24, 2.45) is 12.8 Å². The molecule has 0 saturated heterocycles. The van der Waals surface area contributed by atoms with Gasteiger partial charge in [0.25, 0.3) is 0 Å². The van der Waals surface area contributed by atoms with E-state index in [4.69, 9.17) is 5.73 Å². The second-order valence-electron chi connectivity index (χ2n) is 5.73. The Morgan fingerprint density at radius 3 is 3.05 bits per heavy atom. The summed E-state index contributed by atoms with van der Waals surface area (Å²) in [7, 11) is 2.04. The molecule has 1 unspecified atom stereocenters. The van der Waals surface area contributed by atoms with E-state index >= 15 is 0 Å². The molecule has 0 aromatic carbocycles. The summed E-state index contributed by atoms with van der Waals surface area (Å²) in [6, 6.07) is 2.42. The number of hydrogen-bond acceptors (Lipinski definition) is 4. The molecule has 1 atom stereocenters. The fourth-order valence-electron chi connectivity index (χ4n) is 3.08. The first kappa shape index (κ1) is 13.6. The fraction of sp³-hybridized carbons (Fsp3) is 0.533. The second kappa shape index (κ2) is 5.22. The van der Waals surface area contributed by atoms with Crippen LogP contribution in [-0.4, -0.2) is 22.4 Å². The molecular weight excluding hydrogens is 268 g/mol. The number of thiophene rings is 1. The van der Waals surface area contributed by atoms with Crippen LogP contribution in [-0.2, 0) is 26.4 Å². The zero-order valence-electron chi connectivity index (χ0n) is 12.4. The molecule has 0 amide bonds. The second-order valence-corrected chi connectivity index (χ2v) is 6.73. The number of anilines is 1. The Kier molecular flexibility index (Phi) is 3.56. The molecule has 108 valence electrons. The molecule has 4 nitrogen and oxygen atoms in total. The SMILES string of the molecule is Cc1nn(C)c(N2CCc3sccc3C2)c1CC(C)N. The van der Waals surface area contributed by atoms with Crippen molar-refractivity contribution in [3.05, 3.63) is 33.1 Å². The summed E-state index contributed by atoms with van der Waals surface area (Å²) in [4.78, 5) is 3.99. The number of aromatic nitrogens is 2. The topological polar surface area (TPSA) is 47.1 Å². The van der Waals surface area contributed by atoms with E-state index in [0.29, 0.717) is 0 Å². The predicted octanol–water partition coefficient (Wildman–Crippen LogP) is 2.24. The standard InChI is InChI=1S/C15H22N4S/c1-10(16)8-13-11(2)17-18(3)15(13)19-6-4-14-12(9-19)5-7-20-14/h5,7,10H,4,6,8-9,16H2,1-3H3. The summed E-state index contributed by atoms with van der Waals surface area (Å²) >= 11 is 1.88. The minimum atomic E-state index is 0.165. The fourth-order valence-corrected chi connectivity index (χ4v) is 3.97. The molecule has 5 heteroatoms. The van der Waals surface area contributed by atoms with Crippen molar-refractivity contribution in [3.8, 4) is 0 Å². The van der Waals surface area contributed by atoms with E-state index in [2.05, 4.69) is 35.3 Å². The third-order valence-electron chi connectivity index (χ3n) is 3.95. The van der Waals surface area contributed by atoms with Gasteiger partial charge in [-0.1, -0.05) is 0 Å². The van der Waals surface area contributed by atoms with Gasteiger partial charge in [-0.2, -0.15) is 5.10 Å². The highest BCUT2D eigenvalue weighted by molar-refractivity contribution is 7.10. The monoisotopic (exact) mass is 290 g/mol. The average Bonchev–Trinajstić information content (AvgIpc) is 2.93. The van der Waals surface area contributed by atoms with Crippen LogP contribution < -0.4 is 10.6 Å². The molecule has 20 heavy (non-hydrogen) atoms. The number of aryl methyl sites for hydroxylation is 2. The van der Waals surface area contributed by atoms with Gasteiger partial charge in [0.2, 0.25) is 0 Å². The van der Waals surface area contributed by atoms with Crippen LogP contribution in [0.2, 0.25) is 0 Å². The lowest BCUT2D eigenvalue weighted by Gasteiger charge is -2.30. The van der Waals surface area contributed by atoms with E-state index in [-0.39, 0.29) is 6.04 Å². The van der Waals surface area contributed by atoms with Crippen LogP contribution in [0.15, 0.2) is 11.4 Å². The maximum atomic E-state index is 6.01. The molecule has 0 spiro atoms. The number of hydrogen-bond donors (Lipinski definition) is 1. The van der Waals surface area contributed by atoms with E-state index in [9.17, 15) is 0 Å². The number of nitrogens with zero attached hydrogens (tertiary/aromatic N) is 3. The van der Waals surface area contributed by atoms with Crippen LogP contribution in [0.1, 0.15) is 28.6 Å². The highest BCUT2D eigenvalue weighted by Crippen LogP contribution is 2.31. The first-order valence-corrected chi connectivity index (χ1v) is 8.02. The van der Waals surface area contributed by atoms with Crippen molar-refractivity contribution in [2.75, 3.05) is 11.4 Å². The van der Waals surface area contributed by atoms with Crippen molar-refractivity contribution in [3.63, 3.8) is 0 Å². The van der Waals surface area contributed by atoms with Gasteiger partial charge in [-0.15, -0.1) is 11.3 Å². The van der Waals surface area contributed by atoms with Crippen LogP contribution in [0, 0.1) is 6.92 Å². The van der Waals surface area contributed by atoms with Gasteiger partial charge >= 0.3 is 0 Å². The first-order chi connectivity index (χ1) is 9.56. The summed E-state index contributed by atoms with van der Waals surface area (Å²) in [5.41, 5.74) is 9.89. The van der Waals surface area contributed by atoms with Gasteiger partial charge in [0, 0.05) is 36.6 Å². The number of rotatable bonds is 3. The molecule has 0 radical (unpaired) electrons. The lowest BCUT2D eigenvalue weighted by atomic mass is 10.1. The summed E-state index contributed by atoms with van der Waals surface area (Å²) in [5, 5.41) is 6.80. The first-order valence-electron chi connectivity index (χ1n) is 7.14. The summed E-state index contributed by atoms with van der Waals surface area (Å²) in [6.07, 6.45) is 2.02. The van der Waals surface area contributed by atoms with Crippen molar-refractivity contribution < 1.29 is 0 Å². The summed E-state index contributed by atoms with van der Waals surface area (Å²) in [6.45, 7) is 6.20. The zero-order valence-corrected chi connectivity index (χ0v) is 13.2. The third-order valence-corrected chi connectivity index (χ3v) is 4.97. The van der Waals surface area contributed by atoms with E-state index < -0.39 is 0 Å². The third kappa shape index (κ3) is 2.36. The maximum absolute atomic E-state index is 6.01. The molecule has 0 saturated carbocycles. The van der Waals surface area contributed by atoms with E-state index in [0.717, 1.165) is 31.6 Å². The number of nitrogens with two attached hydrogens (primary N) is 1. The lowest BCUT2D eigenvalue weighted by molar-refractivity contribution is 0.666. The molecule has 0 bridgehead atoms. The Balaban J connectivity index is 1.94. The highest BCUT2D eigenvalue weighted by atomic mass is 32.1. The van der Waals surface area contributed by atoms with E-state index in [1.54, 1.807) is 0 Å². The summed E-state index contributed by atoms with van der Waals surface area (Å²) < 4.78 is 2.02. The quantitative estimate of drug-likeness (QED) is 0.943. The van der Waals surface area contributed by atoms with Crippen LogP contribution in [0.5, 0.6) is 0 Å². The molecular formula is C15H22N4S. The predicted molar refractivity (Wildman–Crippen MR) is 84.4 cm³/mol. The average molecular weight is 290 g/mol. The molecule has 2 N–H and O–H groups in total. The Bertz CT molecular complexity index is 611. The molecule has 1 aliphatic rings. The van der Waals surface area contributed by atoms with Gasteiger partial charge in [0.15, 0.2) is 0 Å². The Morgan fingerprint density at radius 1 is 1.50 bits per heavy atom. The van der Waals surface area contributed by atoms with Crippen molar-refractivity contribution in [1.29, 1.82) is 0 Å². The molecule has 3 rings (SSSR count). The molecule has 3 heterocycles. The zero-order chi connectivity index (χ0) is 14.3. The smallest absolute Gasteiger partial charge is 0.130 e. The Morgan fingerprint density at radius 2 is 2.30 bits per heavy atom. The lowest BCUT2D eigenvalue weighted by Crippen LogP contribution is -2.32. The van der Waals surface area contributed by atoms with Crippen molar-refractivity contribution in [2.45, 2.75) is 39.3 Å². The molecule has 0 aliphatic carbocycles. The molecule has 2 aromatic heterocycles. The maximum Gasteiger partial charge on any atom is 0.130 e. The van der Waals surface area contributed by atoms with E-state index in [1.807, 2.05) is 23.1 Å². The van der Waals surface area contributed by atoms with Gasteiger partial charge in [-0.05, 0) is 43.7 Å². The minimum absolute atomic E-state index is 0.165. The Hall–Kier alpha value is -1.33. The van der Waals surface area contributed by atoms with E-state index in [1.165, 1.54) is 21.8 Å². The van der Waals surface area contributed by atoms with Crippen molar-refractivity contribution >= 4 is 17.2 Å². The summed E-state index contributed by atoms with van der Waals surface area (Å²) in [5.74, 6) is 1.25. The van der Waals surface area contributed by atoms with Gasteiger partial charge in [-0.25, -0.2) is 0 Å². The largest absolute Gasteiger partial charge is 0.352 e. The van der Waals surface area contributed by atoms with Gasteiger partial charge in [0.1, 0.15) is 5.82 Å². The van der Waals surface area contributed by atoms with Crippen LogP contribution in [0.25, 0.3) is 0 Å². The van der Waals surface area contributed by atoms with Crippen LogP contribution >= 0.6 is 11.3 Å². The minimum Gasteiger partial charge on any atom is -0.352 e. The normalized spacial score (nSPS) is 16.3. The Labute approximate surface area is 124 Å². The van der Waals surface area contributed by atoms with Gasteiger partial charge < -0.3 is 10.6 Å². The molecule has 1 aliphatic heterocycles. The highest BCUT2D eigenvalue weighted by Gasteiger charge is 2.24. The molecule has 0 fully saturated rings. The molecule has 2 aromatic rings. The van der Waals surface area contributed by atoms with Gasteiger partial charge in [-0.3, -0.25) is 4.68 Å². The number of fused-ring (bicyclic) bond motifs is 1. The van der Waals surface area contributed by atoms with Crippen LogP contribution in [0.3, 0.4) is 0 Å². The van der Waals surface area contributed by atoms with Crippen molar-refractivity contribution in [1.82, 2.24) is 9.78 Å². The van der Waals surface area contributed by atoms with Crippen LogP contribution in [0.4, 0.5) is 5.82 Å².